The SMILES string of the molecule is CN1CCc2nc(C(=O)NC(CNC(=O)O)C(=O)NC3CCCC3)sc2C1. The highest BCUT2D eigenvalue weighted by Gasteiger charge is 2.28. The number of likely N-dealkylation sites (N-methyl/N-ethyl adjacent to an activating group) is 1. The van der Waals surface area contributed by atoms with Crippen LogP contribution in [0.25, 0.3) is 0 Å². The van der Waals surface area contributed by atoms with Gasteiger partial charge >= 0.3 is 6.09 Å². The van der Waals surface area contributed by atoms with Gasteiger partial charge in [0.15, 0.2) is 5.01 Å². The summed E-state index contributed by atoms with van der Waals surface area (Å²) in [7, 11) is 2.02. The molecule has 0 radical (unpaired) electrons. The Morgan fingerprint density at radius 2 is 2.07 bits per heavy atom. The van der Waals surface area contributed by atoms with Crippen molar-refractivity contribution in [2.24, 2.45) is 0 Å². The lowest BCUT2D eigenvalue weighted by molar-refractivity contribution is -0.123. The molecule has 2 heterocycles. The van der Waals surface area contributed by atoms with Crippen LogP contribution in [0.3, 0.4) is 0 Å². The molecule has 1 aliphatic carbocycles. The molecule has 1 atom stereocenters. The maximum absolute atomic E-state index is 12.6. The number of carboxylic acid groups (broad SMARTS) is 1. The van der Waals surface area contributed by atoms with Crippen molar-refractivity contribution in [2.75, 3.05) is 20.1 Å². The smallest absolute Gasteiger partial charge is 0.404 e. The number of hydrogen-bond donors (Lipinski definition) is 4. The van der Waals surface area contributed by atoms with E-state index in [-0.39, 0.29) is 18.5 Å². The summed E-state index contributed by atoms with van der Waals surface area (Å²) in [5.41, 5.74) is 0.930. The number of thiazole rings is 1. The largest absolute Gasteiger partial charge is 0.465 e. The molecule has 3 amide bonds. The van der Waals surface area contributed by atoms with Gasteiger partial charge in [0.05, 0.1) is 12.2 Å². The molecular formula is C17H25N5O4S. The van der Waals surface area contributed by atoms with Crippen LogP contribution >= 0.6 is 11.3 Å². The Kier molecular flexibility index (Phi) is 6.27. The van der Waals surface area contributed by atoms with Gasteiger partial charge in [-0.2, -0.15) is 0 Å². The number of carbonyl (C=O) groups excluding carboxylic acids is 2. The monoisotopic (exact) mass is 395 g/mol. The summed E-state index contributed by atoms with van der Waals surface area (Å²) in [6.45, 7) is 1.46. The number of aromatic nitrogens is 1. The third kappa shape index (κ3) is 5.16. The Morgan fingerprint density at radius 1 is 1.33 bits per heavy atom. The number of rotatable bonds is 6. The third-order valence-electron chi connectivity index (χ3n) is 4.90. The fourth-order valence-electron chi connectivity index (χ4n) is 3.41. The molecule has 2 aliphatic rings. The molecular weight excluding hydrogens is 370 g/mol. The molecule has 4 N–H and O–H groups in total. The van der Waals surface area contributed by atoms with E-state index in [1.165, 1.54) is 11.3 Å². The second-order valence-electron chi connectivity index (χ2n) is 7.08. The van der Waals surface area contributed by atoms with Crippen LogP contribution in [0.2, 0.25) is 0 Å². The van der Waals surface area contributed by atoms with Crippen LogP contribution < -0.4 is 16.0 Å². The minimum absolute atomic E-state index is 0.0874. The predicted molar refractivity (Wildman–Crippen MR) is 99.8 cm³/mol. The standard InChI is InChI=1S/C17H25N5O4S/c1-22-7-6-11-13(9-22)27-16(21-11)15(24)20-12(8-18-17(25)26)14(23)19-10-4-2-3-5-10/h10,12,18H,2-9H2,1H3,(H,19,23)(H,20,24)(H,25,26). The van der Waals surface area contributed by atoms with E-state index in [0.29, 0.717) is 5.01 Å². The van der Waals surface area contributed by atoms with E-state index in [0.717, 1.165) is 55.8 Å². The van der Waals surface area contributed by atoms with E-state index in [1.54, 1.807) is 0 Å². The number of carbonyl (C=O) groups is 3. The number of hydrogen-bond acceptors (Lipinski definition) is 6. The summed E-state index contributed by atoms with van der Waals surface area (Å²) in [5.74, 6) is -0.819. The average molecular weight is 395 g/mol. The van der Waals surface area contributed by atoms with Crippen molar-refractivity contribution in [3.63, 3.8) is 0 Å². The Morgan fingerprint density at radius 3 is 2.78 bits per heavy atom. The molecule has 1 aromatic heterocycles. The van der Waals surface area contributed by atoms with Crippen LogP contribution in [0.15, 0.2) is 0 Å². The van der Waals surface area contributed by atoms with Gasteiger partial charge in [-0.25, -0.2) is 9.78 Å². The topological polar surface area (TPSA) is 124 Å². The molecule has 27 heavy (non-hydrogen) atoms. The molecule has 148 valence electrons. The molecule has 1 aromatic rings. The van der Waals surface area contributed by atoms with E-state index in [1.807, 2.05) is 7.05 Å². The van der Waals surface area contributed by atoms with Gasteiger partial charge in [-0.15, -0.1) is 11.3 Å². The quantitative estimate of drug-likeness (QED) is 0.558. The number of amides is 3. The predicted octanol–water partition coefficient (Wildman–Crippen LogP) is 0.556. The maximum Gasteiger partial charge on any atom is 0.404 e. The lowest BCUT2D eigenvalue weighted by Gasteiger charge is -2.20. The summed E-state index contributed by atoms with van der Waals surface area (Å²) in [5, 5.41) is 16.9. The molecule has 9 nitrogen and oxygen atoms in total. The second-order valence-corrected chi connectivity index (χ2v) is 8.16. The number of fused-ring (bicyclic) bond motifs is 1. The van der Waals surface area contributed by atoms with E-state index in [2.05, 4.69) is 25.8 Å². The zero-order valence-corrected chi connectivity index (χ0v) is 16.1. The lowest BCUT2D eigenvalue weighted by Crippen LogP contribution is -2.54. The van der Waals surface area contributed by atoms with Crippen molar-refractivity contribution in [1.29, 1.82) is 0 Å². The molecule has 10 heteroatoms. The van der Waals surface area contributed by atoms with Gasteiger partial charge < -0.3 is 26.0 Å². The van der Waals surface area contributed by atoms with Crippen LogP contribution in [-0.2, 0) is 17.8 Å². The van der Waals surface area contributed by atoms with Crippen LogP contribution in [0.5, 0.6) is 0 Å². The third-order valence-corrected chi connectivity index (χ3v) is 5.98. The van der Waals surface area contributed by atoms with Gasteiger partial charge in [-0.3, -0.25) is 9.59 Å². The first kappa shape index (κ1) is 19.6. The van der Waals surface area contributed by atoms with Gasteiger partial charge in [0.1, 0.15) is 6.04 Å². The molecule has 3 rings (SSSR count). The number of nitrogens with zero attached hydrogens (tertiary/aromatic N) is 2. The van der Waals surface area contributed by atoms with E-state index >= 15 is 0 Å². The first-order chi connectivity index (χ1) is 12.9. The van der Waals surface area contributed by atoms with Crippen LogP contribution in [-0.4, -0.2) is 65.1 Å². The molecule has 0 bridgehead atoms. The summed E-state index contributed by atoms with van der Waals surface area (Å²) < 4.78 is 0. The second kappa shape index (κ2) is 8.66. The van der Waals surface area contributed by atoms with Gasteiger partial charge in [-0.1, -0.05) is 12.8 Å². The Hall–Kier alpha value is -2.20. The van der Waals surface area contributed by atoms with E-state index < -0.39 is 18.0 Å². The fraction of sp³-hybridized carbons (Fsp3) is 0.647. The van der Waals surface area contributed by atoms with Gasteiger partial charge in [0.25, 0.3) is 5.91 Å². The van der Waals surface area contributed by atoms with Crippen molar-refractivity contribution in [1.82, 2.24) is 25.8 Å². The van der Waals surface area contributed by atoms with E-state index in [9.17, 15) is 14.4 Å². The Balaban J connectivity index is 1.65. The number of nitrogens with one attached hydrogen (secondary N) is 3. The van der Waals surface area contributed by atoms with Crippen molar-refractivity contribution in [3.8, 4) is 0 Å². The molecule has 1 aliphatic heterocycles. The summed E-state index contributed by atoms with van der Waals surface area (Å²) >= 11 is 1.32. The first-order valence-electron chi connectivity index (χ1n) is 9.17. The Bertz CT molecular complexity index is 716. The molecule has 0 saturated heterocycles. The Labute approximate surface area is 161 Å². The van der Waals surface area contributed by atoms with Crippen molar-refractivity contribution < 1.29 is 19.5 Å². The highest BCUT2D eigenvalue weighted by atomic mass is 32.1. The fourth-order valence-corrected chi connectivity index (χ4v) is 4.50. The molecule has 1 saturated carbocycles. The van der Waals surface area contributed by atoms with E-state index in [4.69, 9.17) is 5.11 Å². The van der Waals surface area contributed by atoms with Crippen molar-refractivity contribution in [2.45, 2.75) is 50.7 Å². The minimum atomic E-state index is -1.24. The zero-order chi connectivity index (χ0) is 19.4. The normalized spacial score (nSPS) is 18.6. The molecule has 0 spiro atoms. The summed E-state index contributed by atoms with van der Waals surface area (Å²) in [4.78, 5) is 43.6. The maximum atomic E-state index is 12.6. The van der Waals surface area contributed by atoms with Gasteiger partial charge in [0, 0.05) is 30.4 Å². The van der Waals surface area contributed by atoms with Crippen LogP contribution in [0.4, 0.5) is 4.79 Å². The van der Waals surface area contributed by atoms with Crippen molar-refractivity contribution >= 4 is 29.2 Å². The molecule has 0 aromatic carbocycles. The minimum Gasteiger partial charge on any atom is -0.465 e. The summed E-state index contributed by atoms with van der Waals surface area (Å²) in [6, 6.07) is -0.887. The van der Waals surface area contributed by atoms with Gasteiger partial charge in [0.2, 0.25) is 5.91 Å². The molecule has 1 fully saturated rings. The highest BCUT2D eigenvalue weighted by molar-refractivity contribution is 7.13. The highest BCUT2D eigenvalue weighted by Crippen LogP contribution is 2.24. The van der Waals surface area contributed by atoms with Crippen LogP contribution in [0, 0.1) is 0 Å². The molecule has 1 unspecified atom stereocenters. The van der Waals surface area contributed by atoms with Crippen molar-refractivity contribution in [3.05, 3.63) is 15.6 Å². The van der Waals surface area contributed by atoms with Crippen LogP contribution in [0.1, 0.15) is 46.1 Å². The first-order valence-corrected chi connectivity index (χ1v) is 9.99. The lowest BCUT2D eigenvalue weighted by atomic mass is 10.2. The summed E-state index contributed by atoms with van der Waals surface area (Å²) in [6.07, 6.45) is 3.50. The zero-order valence-electron chi connectivity index (χ0n) is 15.3. The average Bonchev–Trinajstić information content (AvgIpc) is 3.27. The van der Waals surface area contributed by atoms with Gasteiger partial charge in [-0.05, 0) is 19.9 Å².